The molecule has 0 N–H and O–H groups in total. The van der Waals surface area contributed by atoms with Crippen molar-refractivity contribution in [1.29, 1.82) is 0 Å². The number of nitrogens with zero attached hydrogens (tertiary/aromatic N) is 1. The molecule has 23 heavy (non-hydrogen) atoms. The molecule has 1 fully saturated rings. The highest BCUT2D eigenvalue weighted by Gasteiger charge is 2.38. The van der Waals surface area contributed by atoms with Crippen molar-refractivity contribution in [1.82, 2.24) is 4.98 Å². The Morgan fingerprint density at radius 1 is 1.39 bits per heavy atom. The molecular formula is C18H29NO3Si. The second kappa shape index (κ2) is 7.24. The van der Waals surface area contributed by atoms with Gasteiger partial charge >= 0.3 is 0 Å². The summed E-state index contributed by atoms with van der Waals surface area (Å²) in [6, 6.07) is 3.87. The summed E-state index contributed by atoms with van der Waals surface area (Å²) in [4.78, 5) is 16.3. The molecule has 5 heteroatoms. The van der Waals surface area contributed by atoms with Crippen LogP contribution in [-0.4, -0.2) is 32.3 Å². The van der Waals surface area contributed by atoms with Crippen LogP contribution < -0.4 is 0 Å². The molecule has 0 spiro atoms. The Bertz CT molecular complexity index is 525. The van der Waals surface area contributed by atoms with Gasteiger partial charge in [0.05, 0.1) is 12.0 Å². The van der Waals surface area contributed by atoms with Gasteiger partial charge in [-0.1, -0.05) is 26.8 Å². The fraction of sp³-hybridized carbons (Fsp3) is 0.667. The quantitative estimate of drug-likeness (QED) is 0.579. The third kappa shape index (κ3) is 4.49. The highest BCUT2D eigenvalue weighted by atomic mass is 28.4. The van der Waals surface area contributed by atoms with E-state index >= 15 is 0 Å². The first-order valence-corrected chi connectivity index (χ1v) is 11.3. The Balaban J connectivity index is 1.88. The lowest BCUT2D eigenvalue weighted by atomic mass is 9.91. The summed E-state index contributed by atoms with van der Waals surface area (Å²) in [5.41, 5.74) is 0.994. The number of hydrogen-bond acceptors (Lipinski definition) is 4. The van der Waals surface area contributed by atoms with Gasteiger partial charge in [0.2, 0.25) is 0 Å². The SMILES string of the molecule is CC(C)(C)[Si](C)(C)OCCC[C@@H]1C(=O)CO[C@H]1c1cccnc1. The molecule has 4 nitrogen and oxygen atoms in total. The molecule has 0 unspecified atom stereocenters. The topological polar surface area (TPSA) is 48.4 Å². The third-order valence-corrected chi connectivity index (χ3v) is 9.66. The van der Waals surface area contributed by atoms with Crippen LogP contribution in [0.25, 0.3) is 0 Å². The number of ketones is 1. The van der Waals surface area contributed by atoms with Crippen LogP contribution in [0.2, 0.25) is 18.1 Å². The Morgan fingerprint density at radius 3 is 2.74 bits per heavy atom. The van der Waals surface area contributed by atoms with Crippen molar-refractivity contribution in [3.63, 3.8) is 0 Å². The number of pyridine rings is 1. The van der Waals surface area contributed by atoms with Crippen molar-refractivity contribution in [2.75, 3.05) is 13.2 Å². The molecule has 128 valence electrons. The molecule has 0 saturated carbocycles. The molecular weight excluding hydrogens is 306 g/mol. The summed E-state index contributed by atoms with van der Waals surface area (Å²) in [6.45, 7) is 12.2. The minimum absolute atomic E-state index is 0.0674. The van der Waals surface area contributed by atoms with Crippen LogP contribution in [0.3, 0.4) is 0 Å². The molecule has 2 atom stereocenters. The molecule has 0 amide bonds. The maximum Gasteiger partial charge on any atom is 0.191 e. The first-order valence-electron chi connectivity index (χ1n) is 8.40. The summed E-state index contributed by atoms with van der Waals surface area (Å²) in [7, 11) is -1.71. The molecule has 2 rings (SSSR count). The zero-order chi connectivity index (χ0) is 17.1. The van der Waals surface area contributed by atoms with Gasteiger partial charge in [0.25, 0.3) is 0 Å². The van der Waals surface area contributed by atoms with E-state index in [1.165, 1.54) is 0 Å². The van der Waals surface area contributed by atoms with Gasteiger partial charge in [-0.2, -0.15) is 0 Å². The minimum atomic E-state index is -1.71. The van der Waals surface area contributed by atoms with Crippen LogP contribution in [0.5, 0.6) is 0 Å². The monoisotopic (exact) mass is 335 g/mol. The molecule has 1 aromatic heterocycles. The van der Waals surface area contributed by atoms with Crippen LogP contribution in [0, 0.1) is 5.92 Å². The lowest BCUT2D eigenvalue weighted by Crippen LogP contribution is -2.41. The van der Waals surface area contributed by atoms with E-state index in [0.29, 0.717) is 0 Å². The first-order chi connectivity index (χ1) is 10.7. The molecule has 0 bridgehead atoms. The Kier molecular flexibility index (Phi) is 5.76. The number of hydrogen-bond donors (Lipinski definition) is 0. The van der Waals surface area contributed by atoms with E-state index in [4.69, 9.17) is 9.16 Å². The average Bonchev–Trinajstić information content (AvgIpc) is 2.84. The smallest absolute Gasteiger partial charge is 0.191 e. The third-order valence-electron chi connectivity index (χ3n) is 5.13. The number of carbonyl (C=O) groups excluding carboxylic acids is 1. The highest BCUT2D eigenvalue weighted by molar-refractivity contribution is 6.74. The number of Topliss-reactive ketones (excluding diaryl/α,β-unsaturated/α-hetero) is 1. The maximum atomic E-state index is 12.1. The van der Waals surface area contributed by atoms with Crippen LogP contribution in [0.4, 0.5) is 0 Å². The fourth-order valence-corrected chi connectivity index (χ4v) is 3.68. The molecule has 0 radical (unpaired) electrons. The second-order valence-electron chi connectivity index (χ2n) is 7.84. The predicted octanol–water partition coefficient (Wildman–Crippen LogP) is 4.14. The fourth-order valence-electron chi connectivity index (χ4n) is 2.60. The standard InChI is InChI=1S/C18H29NO3Si/c1-18(2,3)23(4,5)22-11-7-9-15-16(20)13-21-17(15)14-8-6-10-19-12-14/h6,8,10,12,15,17H,7,9,11,13H2,1-5H3/t15-,17+/m1/s1. The molecule has 2 heterocycles. The molecule has 0 aliphatic carbocycles. The summed E-state index contributed by atoms with van der Waals surface area (Å²) in [5.74, 6) is 0.133. The van der Waals surface area contributed by atoms with Crippen LogP contribution in [-0.2, 0) is 14.0 Å². The van der Waals surface area contributed by atoms with Crippen LogP contribution in [0.15, 0.2) is 24.5 Å². The van der Waals surface area contributed by atoms with Gasteiger partial charge in [-0.05, 0) is 42.6 Å². The van der Waals surface area contributed by atoms with Crippen LogP contribution in [0.1, 0.15) is 45.3 Å². The minimum Gasteiger partial charge on any atom is -0.417 e. The lowest BCUT2D eigenvalue weighted by Gasteiger charge is -2.36. The van der Waals surface area contributed by atoms with Gasteiger partial charge in [0, 0.05) is 19.0 Å². The van der Waals surface area contributed by atoms with E-state index in [1.54, 1.807) is 12.4 Å². The normalized spacial score (nSPS) is 22.6. The van der Waals surface area contributed by atoms with Gasteiger partial charge in [0.1, 0.15) is 6.61 Å². The summed E-state index contributed by atoms with van der Waals surface area (Å²) < 4.78 is 11.9. The van der Waals surface area contributed by atoms with E-state index in [9.17, 15) is 4.79 Å². The average molecular weight is 336 g/mol. The predicted molar refractivity (Wildman–Crippen MR) is 93.8 cm³/mol. The Hall–Kier alpha value is -1.04. The number of aromatic nitrogens is 1. The van der Waals surface area contributed by atoms with E-state index in [2.05, 4.69) is 38.8 Å². The largest absolute Gasteiger partial charge is 0.417 e. The van der Waals surface area contributed by atoms with Gasteiger partial charge in [-0.3, -0.25) is 9.78 Å². The summed E-state index contributed by atoms with van der Waals surface area (Å²) in [5, 5.41) is 0.220. The summed E-state index contributed by atoms with van der Waals surface area (Å²) >= 11 is 0. The van der Waals surface area contributed by atoms with Crippen molar-refractivity contribution in [3.8, 4) is 0 Å². The van der Waals surface area contributed by atoms with Gasteiger partial charge in [-0.25, -0.2) is 0 Å². The van der Waals surface area contributed by atoms with E-state index in [1.807, 2.05) is 12.1 Å². The second-order valence-corrected chi connectivity index (χ2v) is 12.7. The molecule has 1 aliphatic heterocycles. The number of ether oxygens (including phenoxy) is 1. The lowest BCUT2D eigenvalue weighted by molar-refractivity contribution is -0.120. The van der Waals surface area contributed by atoms with Gasteiger partial charge in [-0.15, -0.1) is 0 Å². The number of rotatable bonds is 6. The molecule has 1 saturated heterocycles. The van der Waals surface area contributed by atoms with Crippen molar-refractivity contribution in [3.05, 3.63) is 30.1 Å². The highest BCUT2D eigenvalue weighted by Crippen LogP contribution is 2.38. The van der Waals surface area contributed by atoms with Crippen molar-refractivity contribution in [2.45, 2.75) is 57.8 Å². The van der Waals surface area contributed by atoms with Crippen molar-refractivity contribution in [2.24, 2.45) is 5.92 Å². The number of carbonyl (C=O) groups is 1. The van der Waals surface area contributed by atoms with Gasteiger partial charge < -0.3 is 9.16 Å². The first kappa shape index (κ1) is 18.3. The zero-order valence-corrected chi connectivity index (χ0v) is 16.0. The molecule has 0 aromatic carbocycles. The van der Waals surface area contributed by atoms with Crippen molar-refractivity contribution >= 4 is 14.1 Å². The van der Waals surface area contributed by atoms with E-state index < -0.39 is 8.32 Å². The van der Waals surface area contributed by atoms with Gasteiger partial charge in [0.15, 0.2) is 14.1 Å². The molecule has 1 aromatic rings. The zero-order valence-electron chi connectivity index (χ0n) is 15.0. The summed E-state index contributed by atoms with van der Waals surface area (Å²) in [6.07, 6.45) is 5.09. The van der Waals surface area contributed by atoms with Crippen LogP contribution >= 0.6 is 0 Å². The van der Waals surface area contributed by atoms with E-state index in [0.717, 1.165) is 25.0 Å². The molecule has 1 aliphatic rings. The Morgan fingerprint density at radius 2 is 2.13 bits per heavy atom. The Labute approximate surface area is 140 Å². The van der Waals surface area contributed by atoms with Crippen molar-refractivity contribution < 1.29 is 14.0 Å². The maximum absolute atomic E-state index is 12.1. The van der Waals surface area contributed by atoms with E-state index in [-0.39, 0.29) is 29.5 Å².